The molecule has 0 aliphatic rings. The van der Waals surface area contributed by atoms with E-state index < -0.39 is 0 Å². The number of anilines is 1. The molecule has 0 saturated heterocycles. The summed E-state index contributed by atoms with van der Waals surface area (Å²) in [5.41, 5.74) is 9.53. The van der Waals surface area contributed by atoms with Gasteiger partial charge in [0.05, 0.1) is 6.61 Å². The highest BCUT2D eigenvalue weighted by Gasteiger charge is 2.11. The summed E-state index contributed by atoms with van der Waals surface area (Å²) >= 11 is 6.15. The number of carbonyl (C=O) groups is 1. The molecule has 0 fully saturated rings. The van der Waals surface area contributed by atoms with Gasteiger partial charge in [-0.25, -0.2) is 4.98 Å². The van der Waals surface area contributed by atoms with Crippen molar-refractivity contribution in [3.05, 3.63) is 65.0 Å². The maximum absolute atomic E-state index is 12.6. The van der Waals surface area contributed by atoms with Gasteiger partial charge in [-0.15, -0.1) is 0 Å². The number of ether oxygens (including phenoxy) is 1. The van der Waals surface area contributed by atoms with Crippen molar-refractivity contribution in [3.63, 3.8) is 0 Å². The van der Waals surface area contributed by atoms with Crippen LogP contribution in [0.5, 0.6) is 5.88 Å². The summed E-state index contributed by atoms with van der Waals surface area (Å²) in [6.45, 7) is 8.40. The first-order valence-corrected chi connectivity index (χ1v) is 9.54. The lowest BCUT2D eigenvalue weighted by Gasteiger charge is -2.13. The molecule has 0 aliphatic heterocycles. The molecular formula is C22H26ClN3O2. The highest BCUT2D eigenvalue weighted by molar-refractivity contribution is 6.29. The standard InChI is InChI=1S/C22H26ClN3O2/c1-5-28-21-12-17(11-20(23)26-21)19-13-18(7-6-15(19)4)25-22(27)16(8-9-24)10-14(2)3/h6-14H,5,24H2,1-4H3,(H,25,27)/b9-8-,16-10+. The van der Waals surface area contributed by atoms with Gasteiger partial charge in [-0.1, -0.05) is 37.6 Å². The predicted molar refractivity (Wildman–Crippen MR) is 115 cm³/mol. The molecule has 2 aromatic rings. The molecule has 1 aromatic carbocycles. The zero-order chi connectivity index (χ0) is 20.7. The van der Waals surface area contributed by atoms with E-state index in [-0.39, 0.29) is 11.8 Å². The number of aromatic nitrogens is 1. The third-order valence-electron chi connectivity index (χ3n) is 3.92. The molecule has 0 aliphatic carbocycles. The lowest BCUT2D eigenvalue weighted by atomic mass is 10.0. The lowest BCUT2D eigenvalue weighted by molar-refractivity contribution is -0.112. The number of hydrogen-bond donors (Lipinski definition) is 2. The Balaban J connectivity index is 2.37. The van der Waals surface area contributed by atoms with E-state index in [1.807, 2.05) is 58.0 Å². The average Bonchev–Trinajstić information content (AvgIpc) is 2.62. The van der Waals surface area contributed by atoms with Gasteiger partial charge in [-0.3, -0.25) is 4.79 Å². The van der Waals surface area contributed by atoms with E-state index in [0.717, 1.165) is 16.7 Å². The first kappa shape index (κ1) is 21.5. The quantitative estimate of drug-likeness (QED) is 0.385. The van der Waals surface area contributed by atoms with Crippen LogP contribution >= 0.6 is 11.6 Å². The van der Waals surface area contributed by atoms with Gasteiger partial charge in [0.25, 0.3) is 5.91 Å². The van der Waals surface area contributed by atoms with Gasteiger partial charge in [-0.2, -0.15) is 0 Å². The molecule has 6 heteroatoms. The van der Waals surface area contributed by atoms with Crippen molar-refractivity contribution < 1.29 is 9.53 Å². The summed E-state index contributed by atoms with van der Waals surface area (Å²) in [4.78, 5) is 16.8. The van der Waals surface area contributed by atoms with Crippen LogP contribution in [0.4, 0.5) is 5.69 Å². The van der Waals surface area contributed by atoms with Crippen LogP contribution in [0.2, 0.25) is 5.15 Å². The second-order valence-electron chi connectivity index (χ2n) is 6.66. The normalized spacial score (nSPS) is 11.9. The molecule has 0 radical (unpaired) electrons. The molecule has 0 unspecified atom stereocenters. The van der Waals surface area contributed by atoms with E-state index >= 15 is 0 Å². The van der Waals surface area contributed by atoms with Gasteiger partial charge in [0.2, 0.25) is 5.88 Å². The number of amides is 1. The minimum absolute atomic E-state index is 0.215. The summed E-state index contributed by atoms with van der Waals surface area (Å²) in [7, 11) is 0. The number of rotatable bonds is 7. The van der Waals surface area contributed by atoms with E-state index in [0.29, 0.717) is 28.9 Å². The number of nitrogens with two attached hydrogens (primary N) is 1. The van der Waals surface area contributed by atoms with Gasteiger partial charge >= 0.3 is 0 Å². The molecule has 1 aromatic heterocycles. The van der Waals surface area contributed by atoms with E-state index in [9.17, 15) is 4.79 Å². The van der Waals surface area contributed by atoms with Crippen LogP contribution in [0.1, 0.15) is 26.3 Å². The molecule has 3 N–H and O–H groups in total. The number of carbonyl (C=O) groups excluding carboxylic acids is 1. The Labute approximate surface area is 171 Å². The fraction of sp³-hybridized carbons (Fsp3) is 0.273. The van der Waals surface area contributed by atoms with Crippen LogP contribution in [-0.2, 0) is 4.79 Å². The number of pyridine rings is 1. The number of aryl methyl sites for hydroxylation is 1. The fourth-order valence-corrected chi connectivity index (χ4v) is 2.93. The Bertz CT molecular complexity index is 905. The molecule has 5 nitrogen and oxygen atoms in total. The van der Waals surface area contributed by atoms with Crippen LogP contribution in [-0.4, -0.2) is 17.5 Å². The topological polar surface area (TPSA) is 77.2 Å². The summed E-state index contributed by atoms with van der Waals surface area (Å²) in [5, 5.41) is 3.28. The number of nitrogens with zero attached hydrogens (tertiary/aromatic N) is 1. The predicted octanol–water partition coefficient (Wildman–Crippen LogP) is 5.10. The second kappa shape index (κ2) is 9.95. The number of nitrogens with one attached hydrogen (secondary N) is 1. The van der Waals surface area contributed by atoms with Crippen LogP contribution in [0.15, 0.2) is 54.3 Å². The first-order chi connectivity index (χ1) is 13.3. The van der Waals surface area contributed by atoms with Crippen molar-refractivity contribution >= 4 is 23.2 Å². The summed E-state index contributed by atoms with van der Waals surface area (Å²) in [5.74, 6) is 0.475. The van der Waals surface area contributed by atoms with Gasteiger partial charge in [0.1, 0.15) is 5.15 Å². The Kier molecular flexibility index (Phi) is 7.64. The molecule has 0 saturated carbocycles. The zero-order valence-corrected chi connectivity index (χ0v) is 17.4. The summed E-state index contributed by atoms with van der Waals surface area (Å²) < 4.78 is 5.49. The second-order valence-corrected chi connectivity index (χ2v) is 7.05. The van der Waals surface area contributed by atoms with Crippen molar-refractivity contribution in [2.45, 2.75) is 27.7 Å². The summed E-state index contributed by atoms with van der Waals surface area (Å²) in [6.07, 6.45) is 4.83. The molecule has 2 rings (SSSR count). The molecule has 0 spiro atoms. The Hall–Kier alpha value is -2.79. The minimum atomic E-state index is -0.215. The van der Waals surface area contributed by atoms with E-state index in [4.69, 9.17) is 22.1 Å². The maximum atomic E-state index is 12.6. The number of allylic oxidation sites excluding steroid dienone is 1. The van der Waals surface area contributed by atoms with Crippen molar-refractivity contribution in [3.8, 4) is 17.0 Å². The van der Waals surface area contributed by atoms with Gasteiger partial charge in [-0.05, 0) is 66.9 Å². The van der Waals surface area contributed by atoms with Crippen LogP contribution in [0.25, 0.3) is 11.1 Å². The monoisotopic (exact) mass is 399 g/mol. The van der Waals surface area contributed by atoms with E-state index in [2.05, 4.69) is 10.3 Å². The maximum Gasteiger partial charge on any atom is 0.255 e. The van der Waals surface area contributed by atoms with Crippen molar-refractivity contribution in [2.75, 3.05) is 11.9 Å². The molecule has 0 bridgehead atoms. The SMILES string of the molecule is CCOc1cc(-c2cc(NC(=O)C(/C=C\N)=C/C(C)C)ccc2C)cc(Cl)n1. The van der Waals surface area contributed by atoms with Crippen molar-refractivity contribution in [1.82, 2.24) is 4.98 Å². The third-order valence-corrected chi connectivity index (χ3v) is 4.11. The smallest absolute Gasteiger partial charge is 0.255 e. The van der Waals surface area contributed by atoms with Gasteiger partial charge in [0, 0.05) is 17.3 Å². The summed E-state index contributed by atoms with van der Waals surface area (Å²) in [6, 6.07) is 9.34. The Morgan fingerprint density at radius 2 is 2.07 bits per heavy atom. The molecule has 1 amide bonds. The highest BCUT2D eigenvalue weighted by Crippen LogP contribution is 2.30. The van der Waals surface area contributed by atoms with Crippen LogP contribution in [0.3, 0.4) is 0 Å². The van der Waals surface area contributed by atoms with E-state index in [1.165, 1.54) is 6.20 Å². The molecule has 0 atom stereocenters. The Morgan fingerprint density at radius 3 is 2.71 bits per heavy atom. The molecule has 148 valence electrons. The average molecular weight is 400 g/mol. The van der Waals surface area contributed by atoms with Crippen LogP contribution < -0.4 is 15.8 Å². The van der Waals surface area contributed by atoms with Gasteiger partial charge < -0.3 is 15.8 Å². The van der Waals surface area contributed by atoms with Crippen molar-refractivity contribution in [1.29, 1.82) is 0 Å². The molecule has 28 heavy (non-hydrogen) atoms. The van der Waals surface area contributed by atoms with Crippen LogP contribution in [0, 0.1) is 12.8 Å². The molecular weight excluding hydrogens is 374 g/mol. The van der Waals surface area contributed by atoms with E-state index in [1.54, 1.807) is 12.1 Å². The van der Waals surface area contributed by atoms with Crippen molar-refractivity contribution in [2.24, 2.45) is 11.7 Å². The lowest BCUT2D eigenvalue weighted by Crippen LogP contribution is -2.14. The zero-order valence-electron chi connectivity index (χ0n) is 16.6. The molecule has 1 heterocycles. The number of benzene rings is 1. The van der Waals surface area contributed by atoms with Gasteiger partial charge in [0.15, 0.2) is 0 Å². The first-order valence-electron chi connectivity index (χ1n) is 9.17. The number of hydrogen-bond acceptors (Lipinski definition) is 4. The highest BCUT2D eigenvalue weighted by atomic mass is 35.5. The minimum Gasteiger partial charge on any atom is -0.478 e. The third kappa shape index (κ3) is 5.86. The largest absolute Gasteiger partial charge is 0.478 e. The number of halogens is 1. The Morgan fingerprint density at radius 1 is 1.32 bits per heavy atom. The fourth-order valence-electron chi connectivity index (χ4n) is 2.73.